The van der Waals surface area contributed by atoms with Crippen LogP contribution >= 0.6 is 11.8 Å². The molecule has 1 aromatic rings. The second kappa shape index (κ2) is 5.39. The molecule has 3 heteroatoms. The van der Waals surface area contributed by atoms with Gasteiger partial charge >= 0.3 is 0 Å². The van der Waals surface area contributed by atoms with E-state index in [2.05, 4.69) is 0 Å². The van der Waals surface area contributed by atoms with Crippen molar-refractivity contribution in [1.29, 1.82) is 0 Å². The highest BCUT2D eigenvalue weighted by Crippen LogP contribution is 2.36. The number of carbonyl (C=O) groups is 1. The number of benzene rings is 1. The molecule has 0 bridgehead atoms. The van der Waals surface area contributed by atoms with Crippen LogP contribution in [-0.2, 0) is 4.79 Å². The number of methoxy groups -OCH3 is 1. The molecule has 2 rings (SSSR count). The van der Waals surface area contributed by atoms with E-state index in [9.17, 15) is 4.79 Å². The van der Waals surface area contributed by atoms with Crippen molar-refractivity contribution >= 4 is 17.5 Å². The summed E-state index contributed by atoms with van der Waals surface area (Å²) in [4.78, 5) is 12.8. The van der Waals surface area contributed by atoms with Crippen molar-refractivity contribution in [2.45, 2.75) is 35.8 Å². The molecular formula is C13H16O2S. The van der Waals surface area contributed by atoms with E-state index in [1.165, 1.54) is 6.42 Å². The van der Waals surface area contributed by atoms with E-state index < -0.39 is 0 Å². The van der Waals surface area contributed by atoms with Gasteiger partial charge in [-0.3, -0.25) is 4.79 Å². The maximum atomic E-state index is 11.7. The Morgan fingerprint density at radius 2 is 2.12 bits per heavy atom. The number of Topliss-reactive ketones (excluding diaryl/α,β-unsaturated/α-hetero) is 1. The average Bonchev–Trinajstić information content (AvgIpc) is 2.33. The lowest BCUT2D eigenvalue weighted by molar-refractivity contribution is -0.119. The van der Waals surface area contributed by atoms with Gasteiger partial charge in [0, 0.05) is 6.42 Å². The van der Waals surface area contributed by atoms with Crippen LogP contribution in [0.4, 0.5) is 0 Å². The van der Waals surface area contributed by atoms with Crippen LogP contribution in [0.25, 0.3) is 0 Å². The number of thioether (sulfide) groups is 1. The Morgan fingerprint density at radius 3 is 2.88 bits per heavy atom. The van der Waals surface area contributed by atoms with Gasteiger partial charge in [-0.25, -0.2) is 0 Å². The van der Waals surface area contributed by atoms with Crippen LogP contribution in [0.2, 0.25) is 0 Å². The summed E-state index contributed by atoms with van der Waals surface area (Å²) < 4.78 is 5.29. The van der Waals surface area contributed by atoms with Crippen LogP contribution in [0.5, 0.6) is 5.75 Å². The first kappa shape index (κ1) is 11.5. The van der Waals surface area contributed by atoms with Crippen molar-refractivity contribution in [1.82, 2.24) is 0 Å². The largest absolute Gasteiger partial charge is 0.496 e. The molecule has 0 aromatic heterocycles. The molecular weight excluding hydrogens is 220 g/mol. The lowest BCUT2D eigenvalue weighted by Gasteiger charge is -2.20. The molecule has 16 heavy (non-hydrogen) atoms. The number of hydrogen-bond donors (Lipinski definition) is 0. The van der Waals surface area contributed by atoms with Crippen LogP contribution in [0, 0.1) is 0 Å². The van der Waals surface area contributed by atoms with Gasteiger partial charge in [-0.15, -0.1) is 11.8 Å². The first-order chi connectivity index (χ1) is 7.81. The van der Waals surface area contributed by atoms with Gasteiger partial charge in [0.05, 0.1) is 17.3 Å². The van der Waals surface area contributed by atoms with Crippen LogP contribution in [0.3, 0.4) is 0 Å². The van der Waals surface area contributed by atoms with Crippen LogP contribution < -0.4 is 4.74 Å². The summed E-state index contributed by atoms with van der Waals surface area (Å²) in [6.45, 7) is 0. The molecule has 1 aromatic carbocycles. The van der Waals surface area contributed by atoms with E-state index in [4.69, 9.17) is 4.74 Å². The van der Waals surface area contributed by atoms with E-state index in [1.807, 2.05) is 24.3 Å². The quantitative estimate of drug-likeness (QED) is 0.805. The third kappa shape index (κ3) is 2.59. The number of ketones is 1. The number of carbonyl (C=O) groups excluding carboxylic acids is 1. The Balaban J connectivity index is 2.10. The fourth-order valence-corrected chi connectivity index (χ4v) is 3.21. The molecule has 86 valence electrons. The normalized spacial score (nSPS) is 20.8. The Kier molecular flexibility index (Phi) is 3.88. The van der Waals surface area contributed by atoms with Gasteiger partial charge in [-0.1, -0.05) is 18.6 Å². The number of hydrogen-bond acceptors (Lipinski definition) is 3. The molecule has 2 nitrogen and oxygen atoms in total. The average molecular weight is 236 g/mol. The minimum atomic E-state index is 0.130. The summed E-state index contributed by atoms with van der Waals surface area (Å²) >= 11 is 1.65. The van der Waals surface area contributed by atoms with E-state index in [0.717, 1.165) is 29.9 Å². The summed E-state index contributed by atoms with van der Waals surface area (Å²) in [6, 6.07) is 7.89. The maximum Gasteiger partial charge on any atom is 0.146 e. The van der Waals surface area contributed by atoms with Gasteiger partial charge in [0.1, 0.15) is 11.5 Å². The summed E-state index contributed by atoms with van der Waals surface area (Å²) in [5.74, 6) is 1.26. The molecule has 0 N–H and O–H groups in total. The Hall–Kier alpha value is -0.960. The van der Waals surface area contributed by atoms with E-state index >= 15 is 0 Å². The number of para-hydroxylation sites is 1. The lowest BCUT2D eigenvalue weighted by atomic mass is 9.99. The highest BCUT2D eigenvalue weighted by atomic mass is 32.2. The van der Waals surface area contributed by atoms with Crippen LogP contribution in [-0.4, -0.2) is 18.1 Å². The van der Waals surface area contributed by atoms with Gasteiger partial charge < -0.3 is 4.74 Å². The summed E-state index contributed by atoms with van der Waals surface area (Å²) in [5, 5.41) is 0.130. The topological polar surface area (TPSA) is 26.3 Å². The first-order valence-corrected chi connectivity index (χ1v) is 6.51. The molecule has 1 fully saturated rings. The van der Waals surface area contributed by atoms with Crippen molar-refractivity contribution in [3.63, 3.8) is 0 Å². The minimum absolute atomic E-state index is 0.130. The summed E-state index contributed by atoms with van der Waals surface area (Å²) in [5.41, 5.74) is 0. The van der Waals surface area contributed by atoms with Crippen molar-refractivity contribution in [2.24, 2.45) is 0 Å². The van der Waals surface area contributed by atoms with E-state index in [0.29, 0.717) is 5.78 Å². The van der Waals surface area contributed by atoms with Gasteiger partial charge in [0.2, 0.25) is 0 Å². The van der Waals surface area contributed by atoms with Crippen molar-refractivity contribution in [3.8, 4) is 5.75 Å². The predicted octanol–water partition coefficient (Wildman–Crippen LogP) is 3.30. The molecule has 1 aliphatic rings. The maximum absolute atomic E-state index is 11.7. The van der Waals surface area contributed by atoms with Crippen molar-refractivity contribution in [2.75, 3.05) is 7.11 Å². The zero-order valence-electron chi connectivity index (χ0n) is 9.44. The first-order valence-electron chi connectivity index (χ1n) is 5.63. The smallest absolute Gasteiger partial charge is 0.146 e. The molecule has 0 saturated heterocycles. The Labute approximate surface area is 100 Å². The fourth-order valence-electron chi connectivity index (χ4n) is 1.95. The van der Waals surface area contributed by atoms with Crippen molar-refractivity contribution < 1.29 is 9.53 Å². The Bertz CT molecular complexity index is 376. The highest BCUT2D eigenvalue weighted by molar-refractivity contribution is 8.00. The van der Waals surface area contributed by atoms with E-state index in [1.54, 1.807) is 18.9 Å². The van der Waals surface area contributed by atoms with Gasteiger partial charge in [-0.05, 0) is 25.0 Å². The SMILES string of the molecule is COc1ccccc1S[C@@H]1CCCCC1=O. The van der Waals surface area contributed by atoms with Gasteiger partial charge in [-0.2, -0.15) is 0 Å². The molecule has 1 aliphatic carbocycles. The third-order valence-electron chi connectivity index (χ3n) is 2.84. The van der Waals surface area contributed by atoms with Gasteiger partial charge in [0.25, 0.3) is 0 Å². The number of ether oxygens (including phenoxy) is 1. The fraction of sp³-hybridized carbons (Fsp3) is 0.462. The standard InChI is InChI=1S/C13H16O2S/c1-15-11-7-3-5-9-13(11)16-12-8-4-2-6-10(12)14/h3,5,7,9,12H,2,4,6,8H2,1H3/t12-/m1/s1. The van der Waals surface area contributed by atoms with Crippen LogP contribution in [0.15, 0.2) is 29.2 Å². The minimum Gasteiger partial charge on any atom is -0.496 e. The second-order valence-electron chi connectivity index (χ2n) is 3.97. The molecule has 0 radical (unpaired) electrons. The van der Waals surface area contributed by atoms with Gasteiger partial charge in [0.15, 0.2) is 0 Å². The molecule has 1 saturated carbocycles. The highest BCUT2D eigenvalue weighted by Gasteiger charge is 2.23. The molecule has 1 atom stereocenters. The zero-order chi connectivity index (χ0) is 11.4. The predicted molar refractivity (Wildman–Crippen MR) is 66.1 cm³/mol. The molecule has 0 spiro atoms. The molecule has 0 unspecified atom stereocenters. The molecule has 0 amide bonds. The summed E-state index contributed by atoms with van der Waals surface area (Å²) in [7, 11) is 1.67. The molecule has 0 heterocycles. The lowest BCUT2D eigenvalue weighted by Crippen LogP contribution is -2.21. The van der Waals surface area contributed by atoms with E-state index in [-0.39, 0.29) is 5.25 Å². The monoisotopic (exact) mass is 236 g/mol. The summed E-state index contributed by atoms with van der Waals surface area (Å²) in [6.07, 6.45) is 3.97. The Morgan fingerprint density at radius 1 is 1.31 bits per heavy atom. The third-order valence-corrected chi connectivity index (χ3v) is 4.21. The van der Waals surface area contributed by atoms with Crippen molar-refractivity contribution in [3.05, 3.63) is 24.3 Å². The molecule has 0 aliphatic heterocycles. The van der Waals surface area contributed by atoms with Crippen LogP contribution in [0.1, 0.15) is 25.7 Å². The second-order valence-corrected chi connectivity index (χ2v) is 5.21. The zero-order valence-corrected chi connectivity index (χ0v) is 10.3. The number of rotatable bonds is 3.